The van der Waals surface area contributed by atoms with E-state index in [-0.39, 0.29) is 12.1 Å². The molecule has 0 radical (unpaired) electrons. The first-order valence-corrected chi connectivity index (χ1v) is 6.91. The topological polar surface area (TPSA) is 43.8 Å². The van der Waals surface area contributed by atoms with Crippen LogP contribution in [0.15, 0.2) is 47.4 Å². The molecule has 0 aliphatic heterocycles. The van der Waals surface area contributed by atoms with Crippen LogP contribution in [-0.4, -0.2) is 15.6 Å². The fraction of sp³-hybridized carbons (Fsp3) is 0.214. The fourth-order valence-corrected chi connectivity index (χ4v) is 3.05. The van der Waals surface area contributed by atoms with Crippen molar-refractivity contribution >= 4 is 22.4 Å². The molecule has 92 valence electrons. The van der Waals surface area contributed by atoms with Crippen LogP contribution in [0.1, 0.15) is 18.5 Å². The fourth-order valence-electron chi connectivity index (χ4n) is 2.36. The van der Waals surface area contributed by atoms with Crippen molar-refractivity contribution in [3.63, 3.8) is 0 Å². The van der Waals surface area contributed by atoms with Crippen molar-refractivity contribution in [3.8, 4) is 0 Å². The summed E-state index contributed by atoms with van der Waals surface area (Å²) in [6.07, 6.45) is 1.89. The maximum Gasteiger partial charge on any atom is 0.0964 e. The molecule has 18 heavy (non-hydrogen) atoms. The highest BCUT2D eigenvalue weighted by Crippen LogP contribution is 2.27. The van der Waals surface area contributed by atoms with Crippen molar-refractivity contribution in [2.24, 2.45) is 5.73 Å². The maximum atomic E-state index is 6.17. The summed E-state index contributed by atoms with van der Waals surface area (Å²) in [5.74, 6) is 0. The number of aromatic nitrogens is 2. The van der Waals surface area contributed by atoms with Crippen LogP contribution in [-0.2, 0) is 0 Å². The third-order valence-corrected chi connectivity index (χ3v) is 3.87. The minimum absolute atomic E-state index is 0.0391. The van der Waals surface area contributed by atoms with E-state index < -0.39 is 0 Å². The lowest BCUT2D eigenvalue weighted by atomic mass is 10.0. The van der Waals surface area contributed by atoms with Gasteiger partial charge in [0.25, 0.3) is 0 Å². The van der Waals surface area contributed by atoms with Gasteiger partial charge in [-0.25, -0.2) is 4.98 Å². The predicted molar refractivity (Wildman–Crippen MR) is 75.8 cm³/mol. The van der Waals surface area contributed by atoms with E-state index in [9.17, 15) is 0 Å². The Morgan fingerprint density at radius 3 is 2.83 bits per heavy atom. The molecule has 0 aliphatic carbocycles. The standard InChI is InChI=1S/C14H15N3S/c1-10(15)14(11-6-7-18-8-11)17-9-16-12-4-2-3-5-13(12)17/h2-10,14H,15H2,1H3. The summed E-state index contributed by atoms with van der Waals surface area (Å²) >= 11 is 1.70. The first kappa shape index (κ1) is 11.4. The van der Waals surface area contributed by atoms with Crippen molar-refractivity contribution in [3.05, 3.63) is 53.0 Å². The third kappa shape index (κ3) is 1.83. The molecular weight excluding hydrogens is 242 g/mol. The summed E-state index contributed by atoms with van der Waals surface area (Å²) in [5.41, 5.74) is 9.56. The van der Waals surface area contributed by atoms with Gasteiger partial charge in [-0.05, 0) is 41.4 Å². The van der Waals surface area contributed by atoms with Crippen LogP contribution in [0.5, 0.6) is 0 Å². The molecule has 2 atom stereocenters. The van der Waals surface area contributed by atoms with Crippen molar-refractivity contribution in [1.29, 1.82) is 0 Å². The second kappa shape index (κ2) is 4.55. The zero-order chi connectivity index (χ0) is 12.5. The predicted octanol–water partition coefficient (Wildman–Crippen LogP) is 3.03. The molecule has 0 saturated carbocycles. The van der Waals surface area contributed by atoms with E-state index in [2.05, 4.69) is 32.4 Å². The molecule has 0 fully saturated rings. The van der Waals surface area contributed by atoms with E-state index >= 15 is 0 Å². The summed E-state index contributed by atoms with van der Waals surface area (Å²) in [4.78, 5) is 4.44. The molecule has 0 spiro atoms. The van der Waals surface area contributed by atoms with Gasteiger partial charge in [-0.2, -0.15) is 11.3 Å². The first-order chi connectivity index (χ1) is 8.77. The minimum atomic E-state index is 0.0391. The summed E-state index contributed by atoms with van der Waals surface area (Å²) < 4.78 is 2.17. The highest BCUT2D eigenvalue weighted by molar-refractivity contribution is 7.08. The number of nitrogens with two attached hydrogens (primary N) is 1. The molecule has 0 amide bonds. The highest BCUT2D eigenvalue weighted by Gasteiger charge is 2.20. The van der Waals surface area contributed by atoms with Crippen LogP contribution >= 0.6 is 11.3 Å². The maximum absolute atomic E-state index is 6.17. The van der Waals surface area contributed by atoms with Gasteiger partial charge in [0.2, 0.25) is 0 Å². The number of rotatable bonds is 3. The number of hydrogen-bond donors (Lipinski definition) is 1. The first-order valence-electron chi connectivity index (χ1n) is 5.96. The van der Waals surface area contributed by atoms with Crippen LogP contribution in [0.3, 0.4) is 0 Å². The average Bonchev–Trinajstić information content (AvgIpc) is 3.00. The van der Waals surface area contributed by atoms with Gasteiger partial charge in [0, 0.05) is 6.04 Å². The van der Waals surface area contributed by atoms with Gasteiger partial charge in [0.15, 0.2) is 0 Å². The van der Waals surface area contributed by atoms with Gasteiger partial charge in [-0.3, -0.25) is 0 Å². The van der Waals surface area contributed by atoms with Crippen LogP contribution in [0.4, 0.5) is 0 Å². The van der Waals surface area contributed by atoms with Crippen LogP contribution in [0.2, 0.25) is 0 Å². The van der Waals surface area contributed by atoms with Crippen LogP contribution in [0.25, 0.3) is 11.0 Å². The Morgan fingerprint density at radius 1 is 1.28 bits per heavy atom. The lowest BCUT2D eigenvalue weighted by molar-refractivity contribution is 0.508. The molecule has 4 heteroatoms. The molecular formula is C14H15N3S. The Kier molecular flexibility index (Phi) is 2.89. The molecule has 3 nitrogen and oxygen atoms in total. The van der Waals surface area contributed by atoms with Gasteiger partial charge in [-0.1, -0.05) is 12.1 Å². The van der Waals surface area contributed by atoms with Gasteiger partial charge in [0.1, 0.15) is 0 Å². The van der Waals surface area contributed by atoms with Crippen molar-refractivity contribution in [2.75, 3.05) is 0 Å². The van der Waals surface area contributed by atoms with E-state index in [1.807, 2.05) is 31.5 Å². The quantitative estimate of drug-likeness (QED) is 0.783. The molecule has 1 aromatic carbocycles. The molecule has 2 aromatic heterocycles. The Labute approximate surface area is 110 Å². The largest absolute Gasteiger partial charge is 0.326 e. The summed E-state index contributed by atoms with van der Waals surface area (Å²) in [6, 6.07) is 10.5. The van der Waals surface area contributed by atoms with Gasteiger partial charge in [0.05, 0.1) is 23.4 Å². The normalized spacial score (nSPS) is 14.8. The Balaban J connectivity index is 2.16. The number of fused-ring (bicyclic) bond motifs is 1. The summed E-state index contributed by atoms with van der Waals surface area (Å²) in [5, 5.41) is 4.24. The molecule has 3 aromatic rings. The number of imidazole rings is 1. The lowest BCUT2D eigenvalue weighted by Gasteiger charge is -2.22. The van der Waals surface area contributed by atoms with Gasteiger partial charge in [-0.15, -0.1) is 0 Å². The van der Waals surface area contributed by atoms with E-state index in [1.54, 1.807) is 11.3 Å². The van der Waals surface area contributed by atoms with E-state index in [1.165, 1.54) is 5.56 Å². The molecule has 0 aliphatic rings. The number of para-hydroxylation sites is 2. The van der Waals surface area contributed by atoms with E-state index in [4.69, 9.17) is 5.73 Å². The Morgan fingerprint density at radius 2 is 2.11 bits per heavy atom. The number of thiophene rings is 1. The zero-order valence-electron chi connectivity index (χ0n) is 10.2. The van der Waals surface area contributed by atoms with Crippen molar-refractivity contribution in [2.45, 2.75) is 19.0 Å². The summed E-state index contributed by atoms with van der Waals surface area (Å²) in [6.45, 7) is 2.04. The monoisotopic (exact) mass is 257 g/mol. The number of hydrogen-bond acceptors (Lipinski definition) is 3. The van der Waals surface area contributed by atoms with Crippen LogP contribution < -0.4 is 5.73 Å². The second-order valence-electron chi connectivity index (χ2n) is 4.50. The third-order valence-electron chi connectivity index (χ3n) is 3.16. The molecule has 2 heterocycles. The van der Waals surface area contributed by atoms with E-state index in [0.717, 1.165) is 11.0 Å². The van der Waals surface area contributed by atoms with Gasteiger partial charge >= 0.3 is 0 Å². The van der Waals surface area contributed by atoms with Gasteiger partial charge < -0.3 is 10.3 Å². The number of nitrogens with zero attached hydrogens (tertiary/aromatic N) is 2. The average molecular weight is 257 g/mol. The van der Waals surface area contributed by atoms with Crippen molar-refractivity contribution in [1.82, 2.24) is 9.55 Å². The lowest BCUT2D eigenvalue weighted by Crippen LogP contribution is -2.29. The molecule has 2 N–H and O–H groups in total. The van der Waals surface area contributed by atoms with Crippen molar-refractivity contribution < 1.29 is 0 Å². The Hall–Kier alpha value is -1.65. The highest BCUT2D eigenvalue weighted by atomic mass is 32.1. The Bertz CT molecular complexity index is 640. The molecule has 3 rings (SSSR count). The zero-order valence-corrected chi connectivity index (χ0v) is 11.0. The SMILES string of the molecule is CC(N)C(c1ccsc1)n1cnc2ccccc21. The summed E-state index contributed by atoms with van der Waals surface area (Å²) in [7, 11) is 0. The molecule has 2 unspecified atom stereocenters. The molecule has 0 bridgehead atoms. The van der Waals surface area contributed by atoms with Crippen LogP contribution in [0, 0.1) is 0 Å². The minimum Gasteiger partial charge on any atom is -0.326 e. The second-order valence-corrected chi connectivity index (χ2v) is 5.28. The molecule has 0 saturated heterocycles. The smallest absolute Gasteiger partial charge is 0.0964 e. The number of benzene rings is 1. The van der Waals surface area contributed by atoms with E-state index in [0.29, 0.717) is 0 Å².